The normalized spacial score (nSPS) is 23.2. The zero-order chi connectivity index (χ0) is 19.5. The van der Waals surface area contributed by atoms with Crippen molar-refractivity contribution in [3.63, 3.8) is 0 Å². The van der Waals surface area contributed by atoms with Gasteiger partial charge in [0.2, 0.25) is 5.91 Å². The third-order valence-corrected chi connectivity index (χ3v) is 5.93. The Bertz CT molecular complexity index is 853. The summed E-state index contributed by atoms with van der Waals surface area (Å²) in [7, 11) is 0. The van der Waals surface area contributed by atoms with Crippen LogP contribution in [0.2, 0.25) is 0 Å². The van der Waals surface area contributed by atoms with Crippen LogP contribution in [0, 0.1) is 12.8 Å². The summed E-state index contributed by atoms with van der Waals surface area (Å²) in [4.78, 5) is 25.2. The lowest BCUT2D eigenvalue weighted by Crippen LogP contribution is -2.39. The van der Waals surface area contributed by atoms with Crippen molar-refractivity contribution in [3.8, 4) is 0 Å². The monoisotopic (exact) mass is 377 g/mol. The summed E-state index contributed by atoms with van der Waals surface area (Å²) in [5.41, 5.74) is 2.82. The number of para-hydroxylation sites is 1. The van der Waals surface area contributed by atoms with Crippen LogP contribution >= 0.6 is 0 Å². The fourth-order valence-electron chi connectivity index (χ4n) is 4.54. The first-order chi connectivity index (χ1) is 13.6. The van der Waals surface area contributed by atoms with E-state index in [-0.39, 0.29) is 11.8 Å². The van der Waals surface area contributed by atoms with Crippen molar-refractivity contribution in [2.75, 3.05) is 10.6 Å². The number of benzene rings is 2. The molecule has 2 saturated heterocycles. The Morgan fingerprint density at radius 2 is 1.68 bits per heavy atom. The molecule has 3 N–H and O–H groups in total. The number of hydrogen-bond acceptors (Lipinski definition) is 3. The van der Waals surface area contributed by atoms with Crippen LogP contribution in [0.4, 0.5) is 11.4 Å². The molecule has 0 aromatic heterocycles. The first kappa shape index (κ1) is 18.7. The van der Waals surface area contributed by atoms with E-state index in [9.17, 15) is 9.59 Å². The van der Waals surface area contributed by atoms with E-state index in [4.69, 9.17) is 0 Å². The zero-order valence-corrected chi connectivity index (χ0v) is 16.2. The van der Waals surface area contributed by atoms with E-state index in [1.807, 2.05) is 49.4 Å². The maximum absolute atomic E-state index is 12.6. The predicted octanol–water partition coefficient (Wildman–Crippen LogP) is 4.11. The van der Waals surface area contributed by atoms with Crippen molar-refractivity contribution in [2.24, 2.45) is 5.92 Å². The van der Waals surface area contributed by atoms with E-state index in [1.165, 1.54) is 12.8 Å². The van der Waals surface area contributed by atoms with Gasteiger partial charge in [-0.05, 0) is 68.4 Å². The molecule has 2 aromatic rings. The molecule has 4 rings (SSSR count). The van der Waals surface area contributed by atoms with Gasteiger partial charge in [-0.1, -0.05) is 24.3 Å². The number of piperidine rings is 1. The molecule has 2 bridgehead atoms. The molecule has 2 aliphatic heterocycles. The van der Waals surface area contributed by atoms with Crippen molar-refractivity contribution in [3.05, 3.63) is 59.7 Å². The number of anilines is 2. The third kappa shape index (κ3) is 4.25. The standard InChI is InChI=1S/C23H27N3O2/c1-15-20(23(28)25-17-6-3-2-4-7-17)8-5-9-21(15)26-22(27)14-16-12-18-10-11-19(13-16)24-18/h2-9,16,18-19,24H,10-14H2,1H3,(H,25,28)(H,26,27). The van der Waals surface area contributed by atoms with Gasteiger partial charge in [0.25, 0.3) is 5.91 Å². The maximum Gasteiger partial charge on any atom is 0.256 e. The molecule has 2 fully saturated rings. The van der Waals surface area contributed by atoms with Gasteiger partial charge in [0.05, 0.1) is 0 Å². The highest BCUT2D eigenvalue weighted by Crippen LogP contribution is 2.33. The molecule has 2 heterocycles. The molecular formula is C23H27N3O2. The molecule has 2 aromatic carbocycles. The number of fused-ring (bicyclic) bond motifs is 2. The fourth-order valence-corrected chi connectivity index (χ4v) is 4.54. The smallest absolute Gasteiger partial charge is 0.256 e. The van der Waals surface area contributed by atoms with Crippen molar-refractivity contribution in [1.82, 2.24) is 5.32 Å². The summed E-state index contributed by atoms with van der Waals surface area (Å²) in [5.74, 6) is 0.313. The molecule has 0 aliphatic carbocycles. The average Bonchev–Trinajstić information content (AvgIpc) is 3.02. The van der Waals surface area contributed by atoms with Crippen LogP contribution in [0.1, 0.15) is 48.0 Å². The molecule has 2 aliphatic rings. The van der Waals surface area contributed by atoms with E-state index < -0.39 is 0 Å². The van der Waals surface area contributed by atoms with Crippen molar-refractivity contribution >= 4 is 23.2 Å². The second kappa shape index (κ2) is 8.15. The lowest BCUT2D eigenvalue weighted by atomic mass is 9.89. The summed E-state index contributed by atoms with van der Waals surface area (Å²) in [6.07, 6.45) is 5.19. The number of carbonyl (C=O) groups excluding carboxylic acids is 2. The highest BCUT2D eigenvalue weighted by molar-refractivity contribution is 6.06. The van der Waals surface area contributed by atoms with E-state index in [2.05, 4.69) is 16.0 Å². The molecule has 2 unspecified atom stereocenters. The van der Waals surface area contributed by atoms with Crippen LogP contribution in [0.15, 0.2) is 48.5 Å². The van der Waals surface area contributed by atoms with Crippen LogP contribution in [0.25, 0.3) is 0 Å². The predicted molar refractivity (Wildman–Crippen MR) is 111 cm³/mol. The van der Waals surface area contributed by atoms with E-state index in [0.717, 1.165) is 24.1 Å². The molecule has 0 radical (unpaired) electrons. The second-order valence-electron chi connectivity index (χ2n) is 8.03. The number of rotatable bonds is 5. The van der Waals surface area contributed by atoms with Crippen molar-refractivity contribution in [1.29, 1.82) is 0 Å². The molecule has 146 valence electrons. The Hall–Kier alpha value is -2.66. The molecule has 5 nitrogen and oxygen atoms in total. The topological polar surface area (TPSA) is 70.2 Å². The highest BCUT2D eigenvalue weighted by atomic mass is 16.2. The summed E-state index contributed by atoms with van der Waals surface area (Å²) in [5, 5.41) is 9.55. The highest BCUT2D eigenvalue weighted by Gasteiger charge is 2.34. The molecule has 5 heteroatoms. The SMILES string of the molecule is Cc1c(NC(=O)CC2CC3CCC(C2)N3)cccc1C(=O)Nc1ccccc1. The summed E-state index contributed by atoms with van der Waals surface area (Å²) in [6, 6.07) is 16.0. The van der Waals surface area contributed by atoms with Gasteiger partial charge in [0.15, 0.2) is 0 Å². The van der Waals surface area contributed by atoms with Gasteiger partial charge in [0.1, 0.15) is 0 Å². The van der Waals surface area contributed by atoms with Gasteiger partial charge in [-0.25, -0.2) is 0 Å². The quantitative estimate of drug-likeness (QED) is 0.734. The van der Waals surface area contributed by atoms with Gasteiger partial charge in [0, 0.05) is 35.4 Å². The van der Waals surface area contributed by atoms with Gasteiger partial charge in [-0.15, -0.1) is 0 Å². The van der Waals surface area contributed by atoms with Crippen molar-refractivity contribution < 1.29 is 9.59 Å². The van der Waals surface area contributed by atoms with Gasteiger partial charge < -0.3 is 16.0 Å². The zero-order valence-electron chi connectivity index (χ0n) is 16.2. The Morgan fingerprint density at radius 1 is 0.964 bits per heavy atom. The molecule has 0 saturated carbocycles. The van der Waals surface area contributed by atoms with E-state index in [1.54, 1.807) is 6.07 Å². The molecular weight excluding hydrogens is 350 g/mol. The Kier molecular flexibility index (Phi) is 5.44. The lowest BCUT2D eigenvalue weighted by Gasteiger charge is -2.28. The minimum Gasteiger partial charge on any atom is -0.326 e. The largest absolute Gasteiger partial charge is 0.326 e. The molecule has 2 amide bonds. The summed E-state index contributed by atoms with van der Waals surface area (Å²) >= 11 is 0. The Morgan fingerprint density at radius 3 is 2.39 bits per heavy atom. The van der Waals surface area contributed by atoms with Crippen LogP contribution in [0.5, 0.6) is 0 Å². The number of nitrogens with one attached hydrogen (secondary N) is 3. The fraction of sp³-hybridized carbons (Fsp3) is 0.391. The minimum atomic E-state index is -0.172. The molecule has 28 heavy (non-hydrogen) atoms. The number of carbonyl (C=O) groups is 2. The van der Waals surface area contributed by atoms with E-state index >= 15 is 0 Å². The van der Waals surface area contributed by atoms with E-state index in [0.29, 0.717) is 35.7 Å². The van der Waals surface area contributed by atoms with Crippen molar-refractivity contribution in [2.45, 2.75) is 51.1 Å². The summed E-state index contributed by atoms with van der Waals surface area (Å²) < 4.78 is 0. The van der Waals surface area contributed by atoms with Gasteiger partial charge >= 0.3 is 0 Å². The molecule has 2 atom stereocenters. The number of hydrogen-bond donors (Lipinski definition) is 3. The first-order valence-electron chi connectivity index (χ1n) is 10.1. The molecule has 0 spiro atoms. The second-order valence-corrected chi connectivity index (χ2v) is 8.03. The van der Waals surface area contributed by atoms with Gasteiger partial charge in [-0.2, -0.15) is 0 Å². The van der Waals surface area contributed by atoms with Crippen LogP contribution in [-0.2, 0) is 4.79 Å². The minimum absolute atomic E-state index is 0.0371. The average molecular weight is 377 g/mol. The van der Waals surface area contributed by atoms with Crippen LogP contribution < -0.4 is 16.0 Å². The van der Waals surface area contributed by atoms with Crippen LogP contribution in [-0.4, -0.2) is 23.9 Å². The maximum atomic E-state index is 12.6. The summed E-state index contributed by atoms with van der Waals surface area (Å²) in [6.45, 7) is 1.88. The first-order valence-corrected chi connectivity index (χ1v) is 10.1. The lowest BCUT2D eigenvalue weighted by molar-refractivity contribution is -0.117. The Balaban J connectivity index is 1.40. The number of amides is 2. The van der Waals surface area contributed by atoms with Crippen LogP contribution in [0.3, 0.4) is 0 Å². The third-order valence-electron chi connectivity index (χ3n) is 5.93. The van der Waals surface area contributed by atoms with Gasteiger partial charge in [-0.3, -0.25) is 9.59 Å². The Labute approximate surface area is 165 Å².